The largest absolute Gasteiger partial charge is 0.495 e. The maximum absolute atomic E-state index is 11.8. The number of amides is 1. The van der Waals surface area contributed by atoms with Crippen molar-refractivity contribution >= 4 is 46.0 Å². The molecule has 1 aliphatic rings. The third-order valence-corrected chi connectivity index (χ3v) is 6.67. The van der Waals surface area contributed by atoms with Crippen molar-refractivity contribution in [3.63, 3.8) is 0 Å². The topological polar surface area (TPSA) is 117 Å². The second-order valence-corrected chi connectivity index (χ2v) is 8.98. The van der Waals surface area contributed by atoms with Crippen molar-refractivity contribution in [1.29, 1.82) is 0 Å². The van der Waals surface area contributed by atoms with Crippen molar-refractivity contribution in [2.24, 2.45) is 0 Å². The number of halogens is 2. The zero-order valence-corrected chi connectivity index (χ0v) is 22.2. The highest BCUT2D eigenvalue weighted by Crippen LogP contribution is 2.46. The molecule has 0 bridgehead atoms. The van der Waals surface area contributed by atoms with Crippen LogP contribution in [0.2, 0.25) is 10.0 Å². The molecule has 2 atom stereocenters. The van der Waals surface area contributed by atoms with Crippen LogP contribution in [0.25, 0.3) is 22.2 Å². The smallest absolute Gasteiger partial charge is 0.243 e. The highest BCUT2D eigenvalue weighted by atomic mass is 35.5. The molecule has 37 heavy (non-hydrogen) atoms. The van der Waals surface area contributed by atoms with Gasteiger partial charge in [0, 0.05) is 36.7 Å². The number of carbonyl (C=O) groups excluding carboxylic acids is 1. The van der Waals surface area contributed by atoms with Gasteiger partial charge in [-0.25, -0.2) is 9.97 Å². The third kappa shape index (κ3) is 5.72. The lowest BCUT2D eigenvalue weighted by Crippen LogP contribution is -2.45. The number of benzene rings is 1. The van der Waals surface area contributed by atoms with Crippen LogP contribution in [0.3, 0.4) is 0 Å². The first-order valence-corrected chi connectivity index (χ1v) is 12.2. The highest BCUT2D eigenvalue weighted by molar-refractivity contribution is 6.41. The molecule has 0 unspecified atom stereocenters. The zero-order valence-electron chi connectivity index (χ0n) is 20.6. The summed E-state index contributed by atoms with van der Waals surface area (Å²) in [5.41, 5.74) is 2.32. The number of anilines is 1. The second kappa shape index (κ2) is 11.9. The molecule has 0 spiro atoms. The molecule has 2 aromatic heterocycles. The molecule has 1 amide bonds. The van der Waals surface area contributed by atoms with Gasteiger partial charge in [-0.1, -0.05) is 29.8 Å². The Morgan fingerprint density at radius 3 is 2.49 bits per heavy atom. The van der Waals surface area contributed by atoms with E-state index in [4.69, 9.17) is 52.1 Å². The molecule has 1 aliphatic heterocycles. The molecule has 4 rings (SSSR count). The lowest BCUT2D eigenvalue weighted by atomic mass is 10.1. The summed E-state index contributed by atoms with van der Waals surface area (Å²) in [6, 6.07) is 2.98. The Bertz CT molecular complexity index is 1290. The van der Waals surface area contributed by atoms with Crippen molar-refractivity contribution in [2.45, 2.75) is 18.5 Å². The summed E-state index contributed by atoms with van der Waals surface area (Å²) in [5, 5.41) is 7.47. The fourth-order valence-electron chi connectivity index (χ4n) is 4.03. The third-order valence-electron chi connectivity index (χ3n) is 5.92. The van der Waals surface area contributed by atoms with Crippen LogP contribution in [0.4, 0.5) is 5.95 Å². The average molecular weight is 548 g/mol. The number of hydrogen-bond donors (Lipinski definition) is 2. The minimum absolute atomic E-state index is 0.210. The Hall–Kier alpha value is -3.18. The SMILES string of the molecule is C=CC(=O)N[C@H]1COC[C@H]1Nc1ncc2cc(-c3c(Cl)c(OC)cc(OC)c3Cl)nc(CCOC)c2n1. The first-order valence-electron chi connectivity index (χ1n) is 11.4. The zero-order chi connectivity index (χ0) is 26.5. The van der Waals surface area contributed by atoms with Crippen molar-refractivity contribution < 1.29 is 23.7 Å². The van der Waals surface area contributed by atoms with E-state index >= 15 is 0 Å². The van der Waals surface area contributed by atoms with Crippen LogP contribution >= 0.6 is 23.2 Å². The van der Waals surface area contributed by atoms with Gasteiger partial charge in [0.2, 0.25) is 11.9 Å². The van der Waals surface area contributed by atoms with Crippen LogP contribution in [0, 0.1) is 0 Å². The van der Waals surface area contributed by atoms with Crippen molar-refractivity contribution in [1.82, 2.24) is 20.3 Å². The van der Waals surface area contributed by atoms with Crippen molar-refractivity contribution in [2.75, 3.05) is 46.5 Å². The number of fused-ring (bicyclic) bond motifs is 1. The van der Waals surface area contributed by atoms with E-state index in [1.54, 1.807) is 19.4 Å². The van der Waals surface area contributed by atoms with Gasteiger partial charge in [-0.05, 0) is 12.1 Å². The number of nitrogens with zero attached hydrogens (tertiary/aromatic N) is 3. The van der Waals surface area contributed by atoms with Crippen LogP contribution in [-0.2, 0) is 20.7 Å². The first kappa shape index (κ1) is 26.9. The van der Waals surface area contributed by atoms with Gasteiger partial charge in [-0.15, -0.1) is 0 Å². The summed E-state index contributed by atoms with van der Waals surface area (Å²) < 4.78 is 21.7. The number of hydrogen-bond acceptors (Lipinski definition) is 9. The van der Waals surface area contributed by atoms with Gasteiger partial charge in [0.15, 0.2) is 0 Å². The Labute approximate surface area is 224 Å². The van der Waals surface area contributed by atoms with E-state index in [9.17, 15) is 4.79 Å². The molecule has 0 saturated carbocycles. The van der Waals surface area contributed by atoms with Gasteiger partial charge in [0.1, 0.15) is 11.5 Å². The van der Waals surface area contributed by atoms with Gasteiger partial charge >= 0.3 is 0 Å². The van der Waals surface area contributed by atoms with Crippen LogP contribution in [-0.4, -0.2) is 74.1 Å². The Morgan fingerprint density at radius 1 is 1.14 bits per heavy atom. The Balaban J connectivity index is 1.76. The molecule has 3 aromatic rings. The summed E-state index contributed by atoms with van der Waals surface area (Å²) >= 11 is 13.3. The molecular weight excluding hydrogens is 521 g/mol. The minimum atomic E-state index is -0.271. The van der Waals surface area contributed by atoms with Gasteiger partial charge < -0.3 is 29.6 Å². The maximum Gasteiger partial charge on any atom is 0.243 e. The van der Waals surface area contributed by atoms with Gasteiger partial charge in [-0.2, -0.15) is 0 Å². The Morgan fingerprint density at radius 2 is 1.84 bits per heavy atom. The van der Waals surface area contributed by atoms with E-state index in [0.717, 1.165) is 5.39 Å². The lowest BCUT2D eigenvalue weighted by molar-refractivity contribution is -0.117. The molecule has 0 aliphatic carbocycles. The summed E-state index contributed by atoms with van der Waals surface area (Å²) in [7, 11) is 4.65. The normalized spacial score (nSPS) is 17.0. The van der Waals surface area contributed by atoms with E-state index in [0.29, 0.717) is 76.2 Å². The molecule has 10 nitrogen and oxygen atoms in total. The average Bonchev–Trinajstić information content (AvgIpc) is 3.33. The first-order chi connectivity index (χ1) is 17.9. The number of nitrogens with one attached hydrogen (secondary N) is 2. The molecule has 1 saturated heterocycles. The number of pyridine rings is 1. The fraction of sp³-hybridized carbons (Fsp3) is 0.360. The number of methoxy groups -OCH3 is 3. The van der Waals surface area contributed by atoms with E-state index < -0.39 is 0 Å². The second-order valence-electron chi connectivity index (χ2n) is 8.22. The fourth-order valence-corrected chi connectivity index (χ4v) is 4.73. The summed E-state index contributed by atoms with van der Waals surface area (Å²) in [4.78, 5) is 25.8. The quantitative estimate of drug-likeness (QED) is 0.366. The monoisotopic (exact) mass is 547 g/mol. The van der Waals surface area contributed by atoms with Crippen molar-refractivity contribution in [3.8, 4) is 22.8 Å². The van der Waals surface area contributed by atoms with Crippen LogP contribution in [0.5, 0.6) is 11.5 Å². The van der Waals surface area contributed by atoms with Gasteiger partial charge in [0.05, 0.1) is 73.1 Å². The van der Waals surface area contributed by atoms with Gasteiger partial charge in [-0.3, -0.25) is 9.78 Å². The summed E-state index contributed by atoms with van der Waals surface area (Å²) in [6.45, 7) is 4.69. The van der Waals surface area contributed by atoms with E-state index in [2.05, 4.69) is 22.2 Å². The Kier molecular flexibility index (Phi) is 8.65. The van der Waals surface area contributed by atoms with Crippen LogP contribution < -0.4 is 20.1 Å². The predicted molar refractivity (Wildman–Crippen MR) is 142 cm³/mol. The van der Waals surface area contributed by atoms with Crippen molar-refractivity contribution in [3.05, 3.63) is 46.7 Å². The molecule has 1 aromatic carbocycles. The maximum atomic E-state index is 11.8. The number of ether oxygens (including phenoxy) is 4. The molecular formula is C25H27Cl2N5O5. The van der Waals surface area contributed by atoms with E-state index in [1.165, 1.54) is 20.3 Å². The lowest BCUT2D eigenvalue weighted by Gasteiger charge is -2.20. The van der Waals surface area contributed by atoms with E-state index in [1.807, 2.05) is 6.07 Å². The van der Waals surface area contributed by atoms with Crippen LogP contribution in [0.1, 0.15) is 5.69 Å². The highest BCUT2D eigenvalue weighted by Gasteiger charge is 2.30. The standard InChI is InChI=1S/C25H27Cl2N5O5/c1-5-20(33)30-16-11-37-12-17(16)31-25-28-10-13-8-15(29-14(6-7-34-2)24(13)32-25)21-22(26)18(35-3)9-19(36-4)23(21)27/h5,8-10,16-17H,1,6-7,11-12H2,2-4H3,(H,30,33)(H,28,31,32)/t16-,17+/m0/s1. The molecule has 0 radical (unpaired) electrons. The minimum Gasteiger partial charge on any atom is -0.495 e. The number of aromatic nitrogens is 3. The molecule has 3 heterocycles. The van der Waals surface area contributed by atoms with E-state index in [-0.39, 0.29) is 18.0 Å². The molecule has 1 fully saturated rings. The number of carbonyl (C=O) groups is 1. The van der Waals surface area contributed by atoms with Crippen LogP contribution in [0.15, 0.2) is 31.0 Å². The summed E-state index contributed by atoms with van der Waals surface area (Å²) in [5.74, 6) is 0.928. The molecule has 12 heteroatoms. The molecule has 196 valence electrons. The number of rotatable bonds is 10. The summed E-state index contributed by atoms with van der Waals surface area (Å²) in [6.07, 6.45) is 3.40. The molecule has 2 N–H and O–H groups in total. The predicted octanol–water partition coefficient (Wildman–Crippen LogP) is 3.69. The van der Waals surface area contributed by atoms with Gasteiger partial charge in [0.25, 0.3) is 0 Å².